The van der Waals surface area contributed by atoms with Crippen LogP contribution in [0.1, 0.15) is 26.2 Å². The van der Waals surface area contributed by atoms with Crippen LogP contribution < -0.4 is 15.5 Å². The van der Waals surface area contributed by atoms with Crippen molar-refractivity contribution in [2.75, 3.05) is 38.2 Å². The molecule has 1 aliphatic rings. The van der Waals surface area contributed by atoms with Crippen LogP contribution in [-0.2, 0) is 9.53 Å². The van der Waals surface area contributed by atoms with Gasteiger partial charge in [-0.15, -0.1) is 0 Å². The average molecular weight is 368 g/mol. The number of hydrogen-bond acceptors (Lipinski definition) is 4. The summed E-state index contributed by atoms with van der Waals surface area (Å²) < 4.78 is 32.7. The minimum atomic E-state index is -0.549. The van der Waals surface area contributed by atoms with Gasteiger partial charge in [0, 0.05) is 39.1 Å². The third-order valence-corrected chi connectivity index (χ3v) is 4.16. The molecule has 0 bridgehead atoms. The number of guanidine groups is 1. The predicted octanol–water partition coefficient (Wildman–Crippen LogP) is 2.05. The van der Waals surface area contributed by atoms with E-state index in [9.17, 15) is 13.6 Å². The Hall–Kier alpha value is -2.38. The van der Waals surface area contributed by atoms with Crippen molar-refractivity contribution >= 4 is 17.6 Å². The van der Waals surface area contributed by atoms with E-state index >= 15 is 0 Å². The molecule has 0 saturated carbocycles. The van der Waals surface area contributed by atoms with E-state index in [-0.39, 0.29) is 17.7 Å². The summed E-state index contributed by atoms with van der Waals surface area (Å²) in [5.41, 5.74) is 0.0224. The fourth-order valence-corrected chi connectivity index (χ4v) is 2.93. The van der Waals surface area contributed by atoms with Crippen molar-refractivity contribution in [3.05, 3.63) is 29.8 Å². The van der Waals surface area contributed by atoms with Gasteiger partial charge in [-0.25, -0.2) is 8.78 Å². The number of halogens is 2. The first-order chi connectivity index (χ1) is 12.5. The van der Waals surface area contributed by atoms with Gasteiger partial charge in [0.1, 0.15) is 17.3 Å². The number of carbonyl (C=O) groups is 1. The Bertz CT molecular complexity index is 619. The zero-order valence-corrected chi connectivity index (χ0v) is 15.2. The van der Waals surface area contributed by atoms with Crippen molar-refractivity contribution in [2.45, 2.75) is 32.2 Å². The molecule has 1 heterocycles. The summed E-state index contributed by atoms with van der Waals surface area (Å²) in [7, 11) is 1.66. The second-order valence-corrected chi connectivity index (χ2v) is 6.05. The third kappa shape index (κ3) is 5.57. The highest BCUT2D eigenvalue weighted by Crippen LogP contribution is 2.26. The van der Waals surface area contributed by atoms with E-state index in [4.69, 9.17) is 4.74 Å². The largest absolute Gasteiger partial charge is 0.466 e. The summed E-state index contributed by atoms with van der Waals surface area (Å²) in [6.07, 6.45) is 1.73. The maximum absolute atomic E-state index is 13.9. The lowest BCUT2D eigenvalue weighted by molar-refractivity contribution is -0.143. The van der Waals surface area contributed by atoms with E-state index in [0.29, 0.717) is 45.0 Å². The van der Waals surface area contributed by atoms with Crippen molar-refractivity contribution in [2.24, 2.45) is 4.99 Å². The van der Waals surface area contributed by atoms with Gasteiger partial charge >= 0.3 is 5.97 Å². The smallest absolute Gasteiger partial charge is 0.305 e. The Balaban J connectivity index is 1.78. The molecule has 2 N–H and O–H groups in total. The number of carbonyl (C=O) groups excluding carboxylic acids is 1. The molecule has 0 spiro atoms. The zero-order chi connectivity index (χ0) is 18.9. The van der Waals surface area contributed by atoms with E-state index in [1.807, 2.05) is 0 Å². The molecule has 0 aromatic heterocycles. The lowest BCUT2D eigenvalue weighted by Crippen LogP contribution is -2.45. The molecule has 0 aliphatic carbocycles. The third-order valence-electron chi connectivity index (χ3n) is 4.16. The van der Waals surface area contributed by atoms with Crippen LogP contribution in [0, 0.1) is 11.6 Å². The molecule has 26 heavy (non-hydrogen) atoms. The maximum Gasteiger partial charge on any atom is 0.305 e. The van der Waals surface area contributed by atoms with Crippen LogP contribution in [0.2, 0.25) is 0 Å². The van der Waals surface area contributed by atoms with Crippen molar-refractivity contribution in [1.29, 1.82) is 0 Å². The lowest BCUT2D eigenvalue weighted by atomic mass is 10.2. The molecule has 1 aromatic carbocycles. The minimum Gasteiger partial charge on any atom is -0.466 e. The van der Waals surface area contributed by atoms with Crippen molar-refractivity contribution in [3.8, 4) is 0 Å². The van der Waals surface area contributed by atoms with E-state index in [2.05, 4.69) is 15.6 Å². The van der Waals surface area contributed by atoms with Gasteiger partial charge in [-0.2, -0.15) is 0 Å². The van der Waals surface area contributed by atoms with E-state index in [1.54, 1.807) is 18.9 Å². The molecule has 1 atom stereocenters. The maximum atomic E-state index is 13.9. The van der Waals surface area contributed by atoms with Gasteiger partial charge in [0.2, 0.25) is 0 Å². The van der Waals surface area contributed by atoms with E-state index in [1.165, 1.54) is 18.2 Å². The summed E-state index contributed by atoms with van der Waals surface area (Å²) in [6, 6.07) is 3.93. The minimum absolute atomic E-state index is 0.0224. The van der Waals surface area contributed by atoms with Gasteiger partial charge < -0.3 is 20.3 Å². The van der Waals surface area contributed by atoms with Gasteiger partial charge in [-0.1, -0.05) is 6.07 Å². The van der Waals surface area contributed by atoms with Crippen LogP contribution in [0.15, 0.2) is 23.2 Å². The molecule has 0 radical (unpaired) electrons. The molecule has 1 saturated heterocycles. The first-order valence-electron chi connectivity index (χ1n) is 8.87. The Labute approximate surface area is 152 Å². The van der Waals surface area contributed by atoms with Crippen molar-refractivity contribution < 1.29 is 18.3 Å². The standard InChI is InChI=1S/C18H26F2N4O2/c1-3-26-16(25)8-5-10-22-18(21-2)23-13-9-11-24(12-13)17-14(19)6-4-7-15(17)20/h4,6-7,13H,3,5,8-12H2,1-2H3,(H2,21,22,23). The van der Waals surface area contributed by atoms with Gasteiger partial charge in [-0.05, 0) is 31.9 Å². The summed E-state index contributed by atoms with van der Waals surface area (Å²) in [4.78, 5) is 17.2. The number of nitrogens with one attached hydrogen (secondary N) is 2. The Morgan fingerprint density at radius 2 is 2.12 bits per heavy atom. The summed E-state index contributed by atoms with van der Waals surface area (Å²) in [5.74, 6) is -0.704. The quantitative estimate of drug-likeness (QED) is 0.334. The molecular formula is C18H26F2N4O2. The van der Waals surface area contributed by atoms with Crippen LogP contribution >= 0.6 is 0 Å². The molecule has 0 amide bonds. The summed E-state index contributed by atoms with van der Waals surface area (Å²) in [5, 5.41) is 6.39. The molecule has 144 valence electrons. The van der Waals surface area contributed by atoms with Crippen LogP contribution in [-0.4, -0.2) is 51.3 Å². The van der Waals surface area contributed by atoms with Gasteiger partial charge in [0.15, 0.2) is 5.96 Å². The molecule has 6 nitrogen and oxygen atoms in total. The van der Waals surface area contributed by atoms with Crippen molar-refractivity contribution in [1.82, 2.24) is 10.6 Å². The fraction of sp³-hybridized carbons (Fsp3) is 0.556. The molecule has 1 aliphatic heterocycles. The first-order valence-corrected chi connectivity index (χ1v) is 8.87. The number of benzene rings is 1. The van der Waals surface area contributed by atoms with Gasteiger partial charge in [0.25, 0.3) is 0 Å². The van der Waals surface area contributed by atoms with E-state index in [0.717, 1.165) is 6.42 Å². The van der Waals surface area contributed by atoms with Crippen LogP contribution in [0.4, 0.5) is 14.5 Å². The average Bonchev–Trinajstić information content (AvgIpc) is 3.05. The summed E-state index contributed by atoms with van der Waals surface area (Å²) >= 11 is 0. The molecule has 2 rings (SSSR count). The number of rotatable bonds is 7. The van der Waals surface area contributed by atoms with E-state index < -0.39 is 11.6 Å². The predicted molar refractivity (Wildman–Crippen MR) is 97.3 cm³/mol. The molecule has 1 aromatic rings. The molecule has 1 fully saturated rings. The normalized spacial score (nSPS) is 17.3. The number of ether oxygens (including phenoxy) is 1. The highest BCUT2D eigenvalue weighted by molar-refractivity contribution is 5.80. The molecule has 1 unspecified atom stereocenters. The SMILES string of the molecule is CCOC(=O)CCCNC(=NC)NC1CCN(c2c(F)cccc2F)C1. The van der Waals surface area contributed by atoms with Gasteiger partial charge in [0.05, 0.1) is 6.61 Å². The number of para-hydroxylation sites is 1. The Kier molecular flexibility index (Phi) is 7.62. The number of anilines is 1. The number of hydrogen-bond donors (Lipinski definition) is 2. The van der Waals surface area contributed by atoms with Crippen molar-refractivity contribution in [3.63, 3.8) is 0 Å². The summed E-state index contributed by atoms with van der Waals surface area (Å²) in [6.45, 7) is 3.80. The second-order valence-electron chi connectivity index (χ2n) is 6.05. The molecular weight excluding hydrogens is 342 g/mol. The highest BCUT2D eigenvalue weighted by atomic mass is 19.1. The first kappa shape index (κ1) is 19.9. The lowest BCUT2D eigenvalue weighted by Gasteiger charge is -2.21. The monoisotopic (exact) mass is 368 g/mol. The van der Waals surface area contributed by atoms with Crippen LogP contribution in [0.25, 0.3) is 0 Å². The number of aliphatic imine (C=N–C) groups is 1. The zero-order valence-electron chi connectivity index (χ0n) is 15.2. The topological polar surface area (TPSA) is 66.0 Å². The number of esters is 1. The van der Waals surface area contributed by atoms with Crippen LogP contribution in [0.5, 0.6) is 0 Å². The second kappa shape index (κ2) is 9.94. The highest BCUT2D eigenvalue weighted by Gasteiger charge is 2.27. The Morgan fingerprint density at radius 3 is 2.77 bits per heavy atom. The Morgan fingerprint density at radius 1 is 1.38 bits per heavy atom. The molecule has 8 heteroatoms. The number of nitrogens with zero attached hydrogens (tertiary/aromatic N) is 2. The van der Waals surface area contributed by atoms with Crippen LogP contribution in [0.3, 0.4) is 0 Å². The van der Waals surface area contributed by atoms with Gasteiger partial charge in [-0.3, -0.25) is 9.79 Å². The fourth-order valence-electron chi connectivity index (χ4n) is 2.93.